The Kier molecular flexibility index (Phi) is 2.17. The number of carboxylic acids is 1. The zero-order chi connectivity index (χ0) is 8.27. The molecule has 0 aliphatic heterocycles. The van der Waals surface area contributed by atoms with E-state index in [1.54, 1.807) is 0 Å². The van der Waals surface area contributed by atoms with Crippen LogP contribution in [0.25, 0.3) is 0 Å². The van der Waals surface area contributed by atoms with Gasteiger partial charge in [0, 0.05) is 0 Å². The zero-order valence-corrected chi connectivity index (χ0v) is 5.65. The van der Waals surface area contributed by atoms with E-state index in [2.05, 4.69) is 10.2 Å². The molecule has 1 rings (SSSR count). The third-order valence-corrected chi connectivity index (χ3v) is 0.986. The third kappa shape index (κ3) is 2.01. The molecule has 0 unspecified atom stereocenters. The second-order valence-corrected chi connectivity index (χ2v) is 1.86. The molecule has 6 heteroatoms. The van der Waals surface area contributed by atoms with Crippen LogP contribution >= 0.6 is 0 Å². The summed E-state index contributed by atoms with van der Waals surface area (Å²) in [6.45, 7) is 0.132. The van der Waals surface area contributed by atoms with Crippen LogP contribution < -0.4 is 5.73 Å². The van der Waals surface area contributed by atoms with Gasteiger partial charge in [0.2, 0.25) is 11.8 Å². The molecule has 0 atom stereocenters. The van der Waals surface area contributed by atoms with Gasteiger partial charge in [0.1, 0.15) is 6.42 Å². The minimum absolute atomic E-state index is 0.0814. The lowest BCUT2D eigenvalue weighted by molar-refractivity contribution is -0.136. The summed E-state index contributed by atoms with van der Waals surface area (Å²) >= 11 is 0. The molecule has 1 heterocycles. The van der Waals surface area contributed by atoms with Gasteiger partial charge in [-0.2, -0.15) is 0 Å². The first kappa shape index (κ1) is 7.67. The van der Waals surface area contributed by atoms with Gasteiger partial charge in [0.15, 0.2) is 0 Å². The molecule has 3 N–H and O–H groups in total. The van der Waals surface area contributed by atoms with Crippen LogP contribution in [-0.4, -0.2) is 21.3 Å². The lowest BCUT2D eigenvalue weighted by atomic mass is 10.4. The van der Waals surface area contributed by atoms with E-state index in [1.165, 1.54) is 0 Å². The van der Waals surface area contributed by atoms with Crippen molar-refractivity contribution in [2.24, 2.45) is 5.73 Å². The second kappa shape index (κ2) is 3.11. The Morgan fingerprint density at radius 1 is 1.55 bits per heavy atom. The van der Waals surface area contributed by atoms with Crippen molar-refractivity contribution in [3.05, 3.63) is 11.8 Å². The molecule has 11 heavy (non-hydrogen) atoms. The van der Waals surface area contributed by atoms with Crippen molar-refractivity contribution in [1.29, 1.82) is 0 Å². The molecule has 60 valence electrons. The van der Waals surface area contributed by atoms with Gasteiger partial charge in [-0.3, -0.25) is 4.79 Å². The monoisotopic (exact) mass is 157 g/mol. The van der Waals surface area contributed by atoms with Gasteiger partial charge in [-0.1, -0.05) is 0 Å². The summed E-state index contributed by atoms with van der Waals surface area (Å²) in [6, 6.07) is 0. The highest BCUT2D eigenvalue weighted by molar-refractivity contribution is 5.68. The first-order chi connectivity index (χ1) is 5.22. The molecular formula is C5H7N3O3. The third-order valence-electron chi connectivity index (χ3n) is 0.986. The SMILES string of the molecule is NCc1nnc(CC(=O)O)o1. The lowest BCUT2D eigenvalue weighted by Gasteiger charge is -1.84. The average molecular weight is 157 g/mol. The highest BCUT2D eigenvalue weighted by atomic mass is 16.4. The van der Waals surface area contributed by atoms with E-state index in [-0.39, 0.29) is 24.7 Å². The van der Waals surface area contributed by atoms with Crippen LogP contribution in [0, 0.1) is 0 Å². The summed E-state index contributed by atoms with van der Waals surface area (Å²) in [4.78, 5) is 10.1. The number of aromatic nitrogens is 2. The Morgan fingerprint density at radius 2 is 2.18 bits per heavy atom. The maximum Gasteiger partial charge on any atom is 0.312 e. The topological polar surface area (TPSA) is 102 Å². The van der Waals surface area contributed by atoms with Gasteiger partial charge in [-0.05, 0) is 0 Å². The average Bonchev–Trinajstić information content (AvgIpc) is 2.34. The fourth-order valence-corrected chi connectivity index (χ4v) is 0.572. The second-order valence-electron chi connectivity index (χ2n) is 1.86. The Hall–Kier alpha value is -1.43. The van der Waals surface area contributed by atoms with Crippen LogP contribution in [-0.2, 0) is 17.8 Å². The van der Waals surface area contributed by atoms with Crippen LogP contribution in [0.4, 0.5) is 0 Å². The summed E-state index contributed by atoms with van der Waals surface area (Å²) in [6.07, 6.45) is -0.257. The maximum absolute atomic E-state index is 10.1. The summed E-state index contributed by atoms with van der Waals surface area (Å²) in [5, 5.41) is 15.2. The van der Waals surface area contributed by atoms with Crippen molar-refractivity contribution >= 4 is 5.97 Å². The van der Waals surface area contributed by atoms with Crippen LogP contribution in [0.1, 0.15) is 11.8 Å². The number of hydrogen-bond donors (Lipinski definition) is 2. The Balaban J connectivity index is 2.65. The number of carbonyl (C=O) groups is 1. The molecule has 0 amide bonds. The van der Waals surface area contributed by atoms with E-state index in [1.807, 2.05) is 0 Å². The quantitative estimate of drug-likeness (QED) is 0.592. The molecular weight excluding hydrogens is 150 g/mol. The molecule has 0 bridgehead atoms. The van der Waals surface area contributed by atoms with E-state index < -0.39 is 5.97 Å². The first-order valence-electron chi connectivity index (χ1n) is 2.95. The van der Waals surface area contributed by atoms with Gasteiger partial charge in [-0.15, -0.1) is 10.2 Å². The van der Waals surface area contributed by atoms with Crippen molar-refractivity contribution in [3.63, 3.8) is 0 Å². The van der Waals surface area contributed by atoms with Crippen molar-refractivity contribution in [3.8, 4) is 0 Å². The fraction of sp³-hybridized carbons (Fsp3) is 0.400. The molecule has 0 saturated carbocycles. The summed E-state index contributed by atoms with van der Waals surface area (Å²) in [7, 11) is 0. The van der Waals surface area contributed by atoms with Gasteiger partial charge in [0.25, 0.3) is 0 Å². The Bertz CT molecular complexity index is 257. The molecule has 1 aromatic heterocycles. The number of nitrogens with zero attached hydrogens (tertiary/aromatic N) is 2. The van der Waals surface area contributed by atoms with E-state index >= 15 is 0 Å². The molecule has 0 radical (unpaired) electrons. The predicted molar refractivity (Wildman–Crippen MR) is 33.5 cm³/mol. The van der Waals surface area contributed by atoms with Crippen molar-refractivity contribution < 1.29 is 14.3 Å². The van der Waals surface area contributed by atoms with E-state index in [9.17, 15) is 4.79 Å². The summed E-state index contributed by atoms with van der Waals surface area (Å²) < 4.78 is 4.82. The molecule has 0 saturated heterocycles. The van der Waals surface area contributed by atoms with Crippen LogP contribution in [0.15, 0.2) is 4.42 Å². The standard InChI is InChI=1S/C5H7N3O3/c6-2-4-8-7-3(11-4)1-5(9)10/h1-2,6H2,(H,9,10). The minimum atomic E-state index is -1.00. The number of hydrogen-bond acceptors (Lipinski definition) is 5. The number of aliphatic carboxylic acids is 1. The minimum Gasteiger partial charge on any atom is -0.481 e. The molecule has 6 nitrogen and oxygen atoms in total. The largest absolute Gasteiger partial charge is 0.481 e. The molecule has 0 fully saturated rings. The fourth-order valence-electron chi connectivity index (χ4n) is 0.572. The molecule has 0 aliphatic rings. The van der Waals surface area contributed by atoms with Crippen molar-refractivity contribution in [1.82, 2.24) is 10.2 Å². The number of rotatable bonds is 3. The summed E-state index contributed by atoms with van der Waals surface area (Å²) in [5.41, 5.74) is 5.15. The molecule has 1 aromatic rings. The Labute approximate surface area is 62.0 Å². The maximum atomic E-state index is 10.1. The van der Waals surface area contributed by atoms with E-state index in [0.717, 1.165) is 0 Å². The van der Waals surface area contributed by atoms with Crippen molar-refractivity contribution in [2.75, 3.05) is 0 Å². The first-order valence-corrected chi connectivity index (χ1v) is 2.95. The molecule has 0 aromatic carbocycles. The molecule has 0 aliphatic carbocycles. The van der Waals surface area contributed by atoms with Gasteiger partial charge in [-0.25, -0.2) is 0 Å². The van der Waals surface area contributed by atoms with Gasteiger partial charge >= 0.3 is 5.97 Å². The Morgan fingerprint density at radius 3 is 2.64 bits per heavy atom. The van der Waals surface area contributed by atoms with Crippen molar-refractivity contribution in [2.45, 2.75) is 13.0 Å². The number of carboxylic acid groups (broad SMARTS) is 1. The van der Waals surface area contributed by atoms with Crippen LogP contribution in [0.3, 0.4) is 0 Å². The summed E-state index contributed by atoms with van der Waals surface area (Å²) in [5.74, 6) is -0.670. The molecule has 0 spiro atoms. The van der Waals surface area contributed by atoms with Crippen LogP contribution in [0.2, 0.25) is 0 Å². The highest BCUT2D eigenvalue weighted by Crippen LogP contribution is 1.98. The highest BCUT2D eigenvalue weighted by Gasteiger charge is 2.07. The zero-order valence-electron chi connectivity index (χ0n) is 5.65. The predicted octanol–water partition coefficient (Wildman–Crippen LogP) is -0.845. The van der Waals surface area contributed by atoms with E-state index in [0.29, 0.717) is 0 Å². The van der Waals surface area contributed by atoms with Gasteiger partial charge in [0.05, 0.1) is 6.54 Å². The normalized spacial score (nSPS) is 9.91. The lowest BCUT2D eigenvalue weighted by Crippen LogP contribution is -1.99. The van der Waals surface area contributed by atoms with E-state index in [4.69, 9.17) is 15.3 Å². The number of nitrogens with two attached hydrogens (primary N) is 1. The van der Waals surface area contributed by atoms with Crippen LogP contribution in [0.5, 0.6) is 0 Å². The van der Waals surface area contributed by atoms with Gasteiger partial charge < -0.3 is 15.3 Å². The smallest absolute Gasteiger partial charge is 0.312 e.